The Morgan fingerprint density at radius 3 is 1.49 bits per heavy atom. The number of para-hydroxylation sites is 4. The molecule has 0 saturated heterocycles. The molecule has 0 amide bonds. The van der Waals surface area contributed by atoms with Crippen molar-refractivity contribution in [2.24, 2.45) is 0 Å². The van der Waals surface area contributed by atoms with E-state index in [0.717, 1.165) is 78.0 Å². The van der Waals surface area contributed by atoms with Gasteiger partial charge < -0.3 is 13.6 Å². The van der Waals surface area contributed by atoms with Crippen LogP contribution in [0.4, 0.5) is 0 Å². The second kappa shape index (κ2) is 14.0. The van der Waals surface area contributed by atoms with Gasteiger partial charge in [0, 0.05) is 65.9 Å². The second-order valence-electron chi connectivity index (χ2n) is 16.2. The van der Waals surface area contributed by atoms with Crippen LogP contribution in [0.2, 0.25) is 0 Å². The average Bonchev–Trinajstić information content (AvgIpc) is 4.01. The molecule has 0 fully saturated rings. The molecular weight excluding hydrogens is 769 g/mol. The van der Waals surface area contributed by atoms with Gasteiger partial charge in [-0.2, -0.15) is 0 Å². The summed E-state index contributed by atoms with van der Waals surface area (Å²) < 4.78 is 11.6. The van der Waals surface area contributed by atoms with Crippen molar-refractivity contribution in [2.45, 2.75) is 0 Å². The summed E-state index contributed by atoms with van der Waals surface area (Å²) >= 11 is 0. The van der Waals surface area contributed by atoms with Crippen LogP contribution in [0.15, 0.2) is 223 Å². The van der Waals surface area contributed by atoms with E-state index in [1.165, 1.54) is 38.1 Å². The van der Waals surface area contributed by atoms with Gasteiger partial charge >= 0.3 is 0 Å². The fourth-order valence-corrected chi connectivity index (χ4v) is 9.63. The zero-order valence-electron chi connectivity index (χ0n) is 34.0. The Balaban J connectivity index is 0.961. The predicted molar refractivity (Wildman–Crippen MR) is 260 cm³/mol. The summed E-state index contributed by atoms with van der Waals surface area (Å²) in [5.41, 5.74) is 15.5. The first-order valence-corrected chi connectivity index (χ1v) is 21.3. The van der Waals surface area contributed by atoms with E-state index in [1.807, 2.05) is 36.4 Å². The number of aromatic nitrogens is 4. The van der Waals surface area contributed by atoms with E-state index in [4.69, 9.17) is 14.4 Å². The van der Waals surface area contributed by atoms with Crippen LogP contribution >= 0.6 is 0 Å². The van der Waals surface area contributed by atoms with Gasteiger partial charge in [0.05, 0.1) is 33.5 Å². The van der Waals surface area contributed by atoms with Crippen LogP contribution in [0.1, 0.15) is 0 Å². The first-order chi connectivity index (χ1) is 31.2. The summed E-state index contributed by atoms with van der Waals surface area (Å²) in [5.74, 6) is 0.673. The van der Waals surface area contributed by atoms with E-state index in [2.05, 4.69) is 191 Å². The van der Waals surface area contributed by atoms with Crippen molar-refractivity contribution >= 4 is 65.6 Å². The quantitative estimate of drug-likeness (QED) is 0.168. The third-order valence-electron chi connectivity index (χ3n) is 12.5. The van der Waals surface area contributed by atoms with Gasteiger partial charge in [-0.15, -0.1) is 0 Å². The number of nitrogens with zero attached hydrogens (tertiary/aromatic N) is 4. The molecule has 0 atom stereocenters. The maximum atomic E-state index is 6.79. The van der Waals surface area contributed by atoms with Gasteiger partial charge in [0.2, 0.25) is 0 Å². The van der Waals surface area contributed by atoms with Crippen molar-refractivity contribution in [2.75, 3.05) is 0 Å². The monoisotopic (exact) mass is 804 g/mol. The summed E-state index contributed by atoms with van der Waals surface area (Å²) in [7, 11) is 0. The molecule has 5 heteroatoms. The molecule has 9 aromatic carbocycles. The largest absolute Gasteiger partial charge is 0.455 e. The van der Waals surface area contributed by atoms with Gasteiger partial charge in [-0.1, -0.05) is 152 Å². The Bertz CT molecular complexity index is 3840. The number of fused-ring (bicyclic) bond motifs is 9. The zero-order chi connectivity index (χ0) is 41.4. The minimum atomic E-state index is 0.673. The fraction of sp³-hybridized carbons (Fsp3) is 0. The minimum absolute atomic E-state index is 0.673. The molecule has 0 bridgehead atoms. The maximum Gasteiger partial charge on any atom is 0.160 e. The highest BCUT2D eigenvalue weighted by atomic mass is 16.3. The molecule has 63 heavy (non-hydrogen) atoms. The number of benzene rings is 9. The lowest BCUT2D eigenvalue weighted by Crippen LogP contribution is -1.96. The van der Waals surface area contributed by atoms with Crippen LogP contribution in [-0.4, -0.2) is 19.1 Å². The Kier molecular flexibility index (Phi) is 7.84. The predicted octanol–water partition coefficient (Wildman–Crippen LogP) is 15.2. The van der Waals surface area contributed by atoms with E-state index in [-0.39, 0.29) is 0 Å². The van der Waals surface area contributed by atoms with Crippen LogP contribution in [0.3, 0.4) is 0 Å². The van der Waals surface area contributed by atoms with Crippen molar-refractivity contribution in [3.8, 4) is 56.4 Å². The third-order valence-corrected chi connectivity index (χ3v) is 12.5. The first kappa shape index (κ1) is 35.2. The Morgan fingerprint density at radius 2 is 0.841 bits per heavy atom. The SMILES string of the molecule is c1ccc(-c2cc(-c3ccccc3)nc(-c3cccc(-c4cccc5c4oc4ccc(-n6c7ccccc7c7cc8c(cc76)c6ccccc6n8-c6ccccc6)cc45)c3)n2)cc1. The lowest BCUT2D eigenvalue weighted by atomic mass is 10.00. The lowest BCUT2D eigenvalue weighted by Gasteiger charge is -2.10. The molecule has 0 saturated carbocycles. The summed E-state index contributed by atoms with van der Waals surface area (Å²) in [6, 6.07) is 77.2. The van der Waals surface area contributed by atoms with Crippen LogP contribution in [0.5, 0.6) is 0 Å². The molecule has 0 spiro atoms. The molecule has 0 unspecified atom stereocenters. The Labute approximate surface area is 362 Å². The van der Waals surface area contributed by atoms with Crippen molar-refractivity contribution in [1.29, 1.82) is 0 Å². The van der Waals surface area contributed by atoms with Gasteiger partial charge in [0.15, 0.2) is 5.82 Å². The van der Waals surface area contributed by atoms with Crippen LogP contribution in [0.25, 0.3) is 122 Å². The molecule has 13 aromatic rings. The summed E-state index contributed by atoms with van der Waals surface area (Å²) in [5, 5.41) is 7.02. The van der Waals surface area contributed by atoms with Crippen LogP contribution in [0, 0.1) is 0 Å². The normalized spacial score (nSPS) is 11.8. The molecule has 13 rings (SSSR count). The van der Waals surface area contributed by atoms with E-state index in [9.17, 15) is 0 Å². The number of hydrogen-bond acceptors (Lipinski definition) is 3. The van der Waals surface area contributed by atoms with Crippen molar-refractivity contribution < 1.29 is 4.42 Å². The molecular formula is C58H36N4O. The van der Waals surface area contributed by atoms with Crippen molar-refractivity contribution in [3.05, 3.63) is 218 Å². The molecule has 0 radical (unpaired) electrons. The molecule has 4 aromatic heterocycles. The maximum absolute atomic E-state index is 6.79. The fourth-order valence-electron chi connectivity index (χ4n) is 9.63. The van der Waals surface area contributed by atoms with Gasteiger partial charge in [-0.3, -0.25) is 0 Å². The topological polar surface area (TPSA) is 48.8 Å². The van der Waals surface area contributed by atoms with E-state index < -0.39 is 0 Å². The number of hydrogen-bond donors (Lipinski definition) is 0. The van der Waals surface area contributed by atoms with E-state index in [0.29, 0.717) is 5.82 Å². The summed E-state index contributed by atoms with van der Waals surface area (Å²) in [4.78, 5) is 10.2. The highest BCUT2D eigenvalue weighted by molar-refractivity contribution is 6.19. The summed E-state index contributed by atoms with van der Waals surface area (Å²) in [6.07, 6.45) is 0. The third kappa shape index (κ3) is 5.64. The average molecular weight is 805 g/mol. The number of furan rings is 1. The molecule has 0 aliphatic carbocycles. The molecule has 0 aliphatic heterocycles. The zero-order valence-corrected chi connectivity index (χ0v) is 34.0. The van der Waals surface area contributed by atoms with Gasteiger partial charge in [0.1, 0.15) is 11.2 Å². The smallest absolute Gasteiger partial charge is 0.160 e. The highest BCUT2D eigenvalue weighted by Crippen LogP contribution is 2.42. The lowest BCUT2D eigenvalue weighted by molar-refractivity contribution is 0.670. The van der Waals surface area contributed by atoms with Crippen LogP contribution in [-0.2, 0) is 0 Å². The molecule has 0 N–H and O–H groups in total. The van der Waals surface area contributed by atoms with Gasteiger partial charge in [-0.05, 0) is 72.3 Å². The van der Waals surface area contributed by atoms with Gasteiger partial charge in [0.25, 0.3) is 0 Å². The first-order valence-electron chi connectivity index (χ1n) is 21.3. The van der Waals surface area contributed by atoms with Gasteiger partial charge in [-0.25, -0.2) is 9.97 Å². The second-order valence-corrected chi connectivity index (χ2v) is 16.2. The van der Waals surface area contributed by atoms with E-state index >= 15 is 0 Å². The summed E-state index contributed by atoms with van der Waals surface area (Å²) in [6.45, 7) is 0. The van der Waals surface area contributed by atoms with Crippen molar-refractivity contribution in [3.63, 3.8) is 0 Å². The van der Waals surface area contributed by atoms with E-state index in [1.54, 1.807) is 0 Å². The van der Waals surface area contributed by atoms with Crippen LogP contribution < -0.4 is 0 Å². The standard InChI is InChI=1S/C58H36N4O/c1-4-16-37(17-5-1)50-36-51(38-18-6-2-7-19-38)60-58(59-50)40-21-14-20-39(32-40)43-26-15-27-46-49-33-42(30-31-56(49)63-57(43)46)62-53-29-13-11-25-45(53)48-34-54-47(35-55(48)62)44-24-10-12-28-52(44)61(54)41-22-8-3-9-23-41/h1-36H. The molecule has 0 aliphatic rings. The number of rotatable bonds is 6. The van der Waals surface area contributed by atoms with Crippen molar-refractivity contribution in [1.82, 2.24) is 19.1 Å². The minimum Gasteiger partial charge on any atom is -0.455 e. The molecule has 294 valence electrons. The highest BCUT2D eigenvalue weighted by Gasteiger charge is 2.20. The Hall–Kier alpha value is -8.54. The Morgan fingerprint density at radius 1 is 0.317 bits per heavy atom. The molecule has 4 heterocycles. The molecule has 5 nitrogen and oxygen atoms in total.